The van der Waals surface area contributed by atoms with Gasteiger partial charge in [0.1, 0.15) is 0 Å². The Morgan fingerprint density at radius 1 is 1.29 bits per heavy atom. The van der Waals surface area contributed by atoms with Crippen LogP contribution >= 0.6 is 33.9 Å². The molecule has 1 aromatic carbocycles. The highest BCUT2D eigenvalue weighted by molar-refractivity contribution is 8.13. The van der Waals surface area contributed by atoms with Gasteiger partial charge in [-0.05, 0) is 30.9 Å². The standard InChI is InChI=1S/C12H12Cl3NO4S/c13-9-3-8(21(15,18)19)4-10(14)12(9)20-6-11(17)16-5-7-1-2-7/h3-4,7H,1-2,5-6H2,(H,16,17). The molecule has 1 N–H and O–H groups in total. The minimum Gasteiger partial charge on any atom is -0.481 e. The summed E-state index contributed by atoms with van der Waals surface area (Å²) in [6.45, 7) is 0.381. The Bertz CT molecular complexity index is 635. The topological polar surface area (TPSA) is 72.5 Å². The van der Waals surface area contributed by atoms with Gasteiger partial charge in [0.25, 0.3) is 15.0 Å². The molecule has 0 bridgehead atoms. The summed E-state index contributed by atoms with van der Waals surface area (Å²) in [7, 11) is 1.27. The molecule has 21 heavy (non-hydrogen) atoms. The molecule has 0 atom stereocenters. The number of amides is 1. The predicted octanol–water partition coefficient (Wildman–Crippen LogP) is 2.83. The van der Waals surface area contributed by atoms with E-state index in [1.165, 1.54) is 0 Å². The molecule has 1 aromatic rings. The van der Waals surface area contributed by atoms with Crippen molar-refractivity contribution >= 4 is 48.8 Å². The third-order valence-corrected chi connectivity index (χ3v) is 4.78. The van der Waals surface area contributed by atoms with Crippen LogP contribution in [0.1, 0.15) is 12.8 Å². The molecule has 116 valence electrons. The van der Waals surface area contributed by atoms with E-state index in [0.717, 1.165) is 25.0 Å². The van der Waals surface area contributed by atoms with E-state index in [1.807, 2.05) is 0 Å². The molecule has 2 rings (SSSR count). The van der Waals surface area contributed by atoms with E-state index in [9.17, 15) is 13.2 Å². The van der Waals surface area contributed by atoms with Gasteiger partial charge >= 0.3 is 0 Å². The number of rotatable bonds is 6. The zero-order chi connectivity index (χ0) is 15.6. The number of carbonyl (C=O) groups is 1. The van der Waals surface area contributed by atoms with E-state index in [2.05, 4.69) is 5.32 Å². The molecular weight excluding hydrogens is 361 g/mol. The maximum absolute atomic E-state index is 11.6. The Hall–Kier alpha value is -0.690. The number of benzene rings is 1. The predicted molar refractivity (Wildman–Crippen MR) is 80.7 cm³/mol. The Morgan fingerprint density at radius 2 is 1.86 bits per heavy atom. The Kier molecular flexibility index (Phi) is 5.24. The second kappa shape index (κ2) is 6.60. The molecule has 1 aliphatic carbocycles. The zero-order valence-corrected chi connectivity index (χ0v) is 13.8. The summed E-state index contributed by atoms with van der Waals surface area (Å²) in [5, 5.41) is 2.66. The van der Waals surface area contributed by atoms with Gasteiger partial charge in [0.15, 0.2) is 12.4 Å². The first-order chi connectivity index (χ1) is 9.77. The molecule has 0 aliphatic heterocycles. The fourth-order valence-electron chi connectivity index (χ4n) is 1.58. The second-order valence-electron chi connectivity index (χ2n) is 4.69. The van der Waals surface area contributed by atoms with Gasteiger partial charge in [0.05, 0.1) is 14.9 Å². The summed E-state index contributed by atoms with van der Waals surface area (Å²) in [6, 6.07) is 2.24. The maximum Gasteiger partial charge on any atom is 0.261 e. The van der Waals surface area contributed by atoms with Gasteiger partial charge in [-0.25, -0.2) is 8.42 Å². The van der Waals surface area contributed by atoms with Crippen molar-refractivity contribution in [2.45, 2.75) is 17.7 Å². The minimum absolute atomic E-state index is 0.0308. The lowest BCUT2D eigenvalue weighted by atomic mass is 10.3. The number of ether oxygens (including phenoxy) is 1. The second-order valence-corrected chi connectivity index (χ2v) is 8.07. The van der Waals surface area contributed by atoms with Crippen LogP contribution < -0.4 is 10.1 Å². The van der Waals surface area contributed by atoms with Gasteiger partial charge in [0, 0.05) is 17.2 Å². The third kappa shape index (κ3) is 4.92. The van der Waals surface area contributed by atoms with Crippen LogP contribution in [-0.2, 0) is 13.8 Å². The fraction of sp³-hybridized carbons (Fsp3) is 0.417. The van der Waals surface area contributed by atoms with Crippen molar-refractivity contribution in [2.24, 2.45) is 5.92 Å². The normalized spacial score (nSPS) is 14.8. The van der Waals surface area contributed by atoms with E-state index < -0.39 is 9.05 Å². The molecule has 0 radical (unpaired) electrons. The average molecular weight is 373 g/mol. The van der Waals surface area contributed by atoms with Crippen molar-refractivity contribution in [3.8, 4) is 5.75 Å². The van der Waals surface area contributed by atoms with Crippen molar-refractivity contribution in [3.05, 3.63) is 22.2 Å². The van der Waals surface area contributed by atoms with Crippen LogP contribution in [0.15, 0.2) is 17.0 Å². The van der Waals surface area contributed by atoms with Crippen LogP contribution in [0, 0.1) is 5.92 Å². The molecule has 1 amide bonds. The molecule has 1 fully saturated rings. The highest BCUT2D eigenvalue weighted by Gasteiger charge is 2.22. The Balaban J connectivity index is 2.01. The summed E-state index contributed by atoms with van der Waals surface area (Å²) in [5.41, 5.74) is 0. The molecular formula is C12H12Cl3NO4S. The number of hydrogen-bond acceptors (Lipinski definition) is 4. The van der Waals surface area contributed by atoms with Crippen LogP contribution in [0.4, 0.5) is 0 Å². The lowest BCUT2D eigenvalue weighted by Crippen LogP contribution is -2.30. The minimum atomic E-state index is -3.94. The van der Waals surface area contributed by atoms with Crippen LogP contribution in [-0.4, -0.2) is 27.5 Å². The Labute approximate surface area is 136 Å². The lowest BCUT2D eigenvalue weighted by Gasteiger charge is -2.11. The summed E-state index contributed by atoms with van der Waals surface area (Å²) in [5.74, 6) is 0.321. The van der Waals surface area contributed by atoms with Crippen molar-refractivity contribution in [1.29, 1.82) is 0 Å². The SMILES string of the molecule is O=C(COc1c(Cl)cc(S(=O)(=O)Cl)cc1Cl)NCC1CC1. The maximum atomic E-state index is 11.6. The van der Waals surface area contributed by atoms with Crippen molar-refractivity contribution in [3.63, 3.8) is 0 Å². The molecule has 0 unspecified atom stereocenters. The largest absolute Gasteiger partial charge is 0.481 e. The first-order valence-electron chi connectivity index (χ1n) is 6.10. The van der Waals surface area contributed by atoms with Crippen molar-refractivity contribution in [1.82, 2.24) is 5.32 Å². The number of hydrogen-bond donors (Lipinski definition) is 1. The molecule has 9 heteroatoms. The van der Waals surface area contributed by atoms with E-state index in [0.29, 0.717) is 12.5 Å². The first kappa shape index (κ1) is 16.7. The van der Waals surface area contributed by atoms with Gasteiger partial charge in [-0.2, -0.15) is 0 Å². The summed E-state index contributed by atoms with van der Waals surface area (Å²) >= 11 is 11.8. The highest BCUT2D eigenvalue weighted by Crippen LogP contribution is 2.36. The Morgan fingerprint density at radius 3 is 2.33 bits per heavy atom. The number of carbonyl (C=O) groups excluding carboxylic acids is 1. The summed E-state index contributed by atoms with van der Waals surface area (Å²) < 4.78 is 27.7. The smallest absolute Gasteiger partial charge is 0.261 e. The quantitative estimate of drug-likeness (QED) is 0.779. The van der Waals surface area contributed by atoms with Crippen molar-refractivity contribution < 1.29 is 17.9 Å². The molecule has 1 saturated carbocycles. The van der Waals surface area contributed by atoms with E-state index in [-0.39, 0.29) is 33.2 Å². The number of halogens is 3. The zero-order valence-electron chi connectivity index (χ0n) is 10.7. The van der Waals surface area contributed by atoms with Crippen molar-refractivity contribution in [2.75, 3.05) is 13.2 Å². The van der Waals surface area contributed by atoms with Gasteiger partial charge in [-0.3, -0.25) is 4.79 Å². The van der Waals surface area contributed by atoms with Gasteiger partial charge < -0.3 is 10.1 Å². The lowest BCUT2D eigenvalue weighted by molar-refractivity contribution is -0.123. The van der Waals surface area contributed by atoms with Gasteiger partial charge in [-0.15, -0.1) is 0 Å². The highest BCUT2D eigenvalue weighted by atomic mass is 35.7. The molecule has 5 nitrogen and oxygen atoms in total. The van der Waals surface area contributed by atoms with Gasteiger partial charge in [0.2, 0.25) is 0 Å². The molecule has 1 aliphatic rings. The number of nitrogens with one attached hydrogen (secondary N) is 1. The summed E-state index contributed by atoms with van der Waals surface area (Å²) in [4.78, 5) is 11.3. The average Bonchev–Trinajstić information content (AvgIpc) is 3.18. The van der Waals surface area contributed by atoms with Crippen LogP contribution in [0.2, 0.25) is 10.0 Å². The molecule has 0 heterocycles. The van der Waals surface area contributed by atoms with E-state index in [1.54, 1.807) is 0 Å². The molecule has 0 aromatic heterocycles. The molecule has 0 spiro atoms. The van der Waals surface area contributed by atoms with E-state index >= 15 is 0 Å². The summed E-state index contributed by atoms with van der Waals surface area (Å²) in [6.07, 6.45) is 2.26. The molecule has 0 saturated heterocycles. The van der Waals surface area contributed by atoms with Crippen LogP contribution in [0.25, 0.3) is 0 Å². The van der Waals surface area contributed by atoms with Crippen LogP contribution in [0.5, 0.6) is 5.75 Å². The van der Waals surface area contributed by atoms with Crippen LogP contribution in [0.3, 0.4) is 0 Å². The van der Waals surface area contributed by atoms with Gasteiger partial charge in [-0.1, -0.05) is 23.2 Å². The third-order valence-electron chi connectivity index (χ3n) is 2.89. The van der Waals surface area contributed by atoms with E-state index in [4.69, 9.17) is 38.6 Å². The monoisotopic (exact) mass is 371 g/mol. The fourth-order valence-corrected chi connectivity index (χ4v) is 3.09. The first-order valence-corrected chi connectivity index (χ1v) is 9.17.